The van der Waals surface area contributed by atoms with Gasteiger partial charge in [0.1, 0.15) is 5.75 Å². The van der Waals surface area contributed by atoms with E-state index >= 15 is 0 Å². The zero-order valence-corrected chi connectivity index (χ0v) is 19.5. The van der Waals surface area contributed by atoms with E-state index in [4.69, 9.17) is 4.74 Å². The molecule has 0 spiro atoms. The van der Waals surface area contributed by atoms with Gasteiger partial charge in [-0.25, -0.2) is 8.42 Å². The summed E-state index contributed by atoms with van der Waals surface area (Å²) in [4.78, 5) is 12.3. The van der Waals surface area contributed by atoms with Gasteiger partial charge >= 0.3 is 0 Å². The molecule has 0 radical (unpaired) electrons. The first-order chi connectivity index (χ1) is 14.1. The third-order valence-corrected chi connectivity index (χ3v) is 5.81. The van der Waals surface area contributed by atoms with E-state index in [1.807, 2.05) is 26.2 Å². The lowest BCUT2D eigenvalue weighted by Gasteiger charge is -2.30. The molecule has 0 aliphatic carbocycles. The Hall–Kier alpha value is -1.64. The number of hydrogen-bond acceptors (Lipinski definition) is 5. The van der Waals surface area contributed by atoms with Crippen LogP contribution in [-0.2, 0) is 10.1 Å². The lowest BCUT2D eigenvalue weighted by atomic mass is 10.2. The van der Waals surface area contributed by atoms with Gasteiger partial charge in [-0.2, -0.15) is 0 Å². The number of unbranched alkanes of at least 4 members (excludes halogenated alkanes) is 4. The van der Waals surface area contributed by atoms with E-state index in [1.165, 1.54) is 25.7 Å². The number of carbonyl (C=O) groups excluding carboxylic acids is 1. The molecule has 7 nitrogen and oxygen atoms in total. The van der Waals surface area contributed by atoms with E-state index in [1.54, 1.807) is 12.1 Å². The van der Waals surface area contributed by atoms with Gasteiger partial charge in [0.2, 0.25) is 0 Å². The molecule has 0 saturated carbocycles. The Balaban J connectivity index is 2.25. The Bertz CT molecular complexity index is 718. The van der Waals surface area contributed by atoms with Crippen LogP contribution in [0.2, 0.25) is 0 Å². The molecule has 0 aromatic heterocycles. The van der Waals surface area contributed by atoms with Crippen molar-refractivity contribution in [3.63, 3.8) is 0 Å². The fourth-order valence-electron chi connectivity index (χ4n) is 3.19. The van der Waals surface area contributed by atoms with Crippen LogP contribution in [0.15, 0.2) is 24.3 Å². The summed E-state index contributed by atoms with van der Waals surface area (Å²) in [5.74, 6) is 0.328. The zero-order chi connectivity index (χ0) is 22.5. The summed E-state index contributed by atoms with van der Waals surface area (Å²) in [6.45, 7) is 4.82. The molecule has 1 N–H and O–H groups in total. The molecule has 0 heterocycles. The molecule has 1 rings (SSSR count). The van der Waals surface area contributed by atoms with Crippen LogP contribution in [0.1, 0.15) is 62.2 Å². The van der Waals surface area contributed by atoms with Crippen molar-refractivity contribution in [2.75, 3.05) is 46.1 Å². The van der Waals surface area contributed by atoms with Crippen LogP contribution in [0.25, 0.3) is 0 Å². The number of hydrogen-bond donors (Lipinski definition) is 1. The lowest BCUT2D eigenvalue weighted by Crippen LogP contribution is -2.43. The first-order valence-electron chi connectivity index (χ1n) is 10.9. The second kappa shape index (κ2) is 13.6. The van der Waals surface area contributed by atoms with E-state index in [0.29, 0.717) is 36.2 Å². The third-order valence-electron chi connectivity index (χ3n) is 5.02. The highest BCUT2D eigenvalue weighted by Gasteiger charge is 2.15. The summed E-state index contributed by atoms with van der Waals surface area (Å²) in [6, 6.07) is 7.19. The van der Waals surface area contributed by atoms with E-state index in [-0.39, 0.29) is 11.7 Å². The Morgan fingerprint density at radius 3 is 2.27 bits per heavy atom. The minimum absolute atomic E-state index is 0.121. The van der Waals surface area contributed by atoms with Crippen molar-refractivity contribution in [2.45, 2.75) is 51.9 Å². The van der Waals surface area contributed by atoms with Crippen LogP contribution in [0.5, 0.6) is 5.75 Å². The van der Waals surface area contributed by atoms with Gasteiger partial charge in [-0.15, -0.1) is 0 Å². The van der Waals surface area contributed by atoms with Crippen molar-refractivity contribution in [3.8, 4) is 5.75 Å². The van der Waals surface area contributed by atoms with Crippen LogP contribution in [-0.4, -0.2) is 69.5 Å². The molecule has 30 heavy (non-hydrogen) atoms. The van der Waals surface area contributed by atoms with Gasteiger partial charge in [0.25, 0.3) is 5.91 Å². The Morgan fingerprint density at radius 1 is 1.00 bits per heavy atom. The minimum Gasteiger partial charge on any atom is -0.748 e. The second-order valence-electron chi connectivity index (χ2n) is 8.39. The molecule has 0 atom stereocenters. The summed E-state index contributed by atoms with van der Waals surface area (Å²) in [7, 11) is -0.177. The van der Waals surface area contributed by atoms with E-state index < -0.39 is 10.1 Å². The molecule has 8 heteroatoms. The van der Waals surface area contributed by atoms with Crippen molar-refractivity contribution < 1.29 is 27.0 Å². The number of benzene rings is 1. The highest BCUT2D eigenvalue weighted by Crippen LogP contribution is 2.13. The van der Waals surface area contributed by atoms with Crippen LogP contribution in [0, 0.1) is 0 Å². The van der Waals surface area contributed by atoms with Crippen molar-refractivity contribution in [3.05, 3.63) is 29.8 Å². The maximum absolute atomic E-state index is 12.3. The minimum atomic E-state index is -4.15. The molecule has 0 fully saturated rings. The van der Waals surface area contributed by atoms with Gasteiger partial charge in [-0.3, -0.25) is 4.79 Å². The SMILES string of the molecule is CCCCCCCOc1ccc(C(=O)NCCC[N+](C)(C)CCCS(=O)(=O)[O-])cc1. The average molecular weight is 443 g/mol. The average Bonchev–Trinajstić information content (AvgIpc) is 2.67. The Labute approximate surface area is 182 Å². The first-order valence-corrected chi connectivity index (χ1v) is 12.5. The van der Waals surface area contributed by atoms with Gasteiger partial charge in [-0.1, -0.05) is 32.6 Å². The number of nitrogens with one attached hydrogen (secondary N) is 1. The van der Waals surface area contributed by atoms with E-state index in [2.05, 4.69) is 12.2 Å². The molecule has 0 unspecified atom stereocenters. The summed E-state index contributed by atoms with van der Waals surface area (Å²) >= 11 is 0. The molecule has 1 amide bonds. The van der Waals surface area contributed by atoms with E-state index in [0.717, 1.165) is 25.1 Å². The fourth-order valence-corrected chi connectivity index (χ4v) is 3.67. The second-order valence-corrected chi connectivity index (χ2v) is 9.92. The fraction of sp³-hybridized carbons (Fsp3) is 0.682. The normalized spacial score (nSPS) is 12.0. The van der Waals surface area contributed by atoms with Gasteiger partial charge in [0, 0.05) is 30.7 Å². The van der Waals surface area contributed by atoms with Gasteiger partial charge in [0.05, 0.1) is 43.9 Å². The van der Waals surface area contributed by atoms with Crippen molar-refractivity contribution in [2.24, 2.45) is 0 Å². The maximum Gasteiger partial charge on any atom is 0.251 e. The lowest BCUT2D eigenvalue weighted by molar-refractivity contribution is -0.890. The molecule has 0 aliphatic rings. The smallest absolute Gasteiger partial charge is 0.251 e. The van der Waals surface area contributed by atoms with Gasteiger partial charge in [0.15, 0.2) is 0 Å². The predicted octanol–water partition coefficient (Wildman–Crippen LogP) is 3.17. The summed E-state index contributed by atoms with van der Waals surface area (Å²) < 4.78 is 38.4. The Kier molecular flexibility index (Phi) is 12.0. The highest BCUT2D eigenvalue weighted by atomic mass is 32.2. The molecule has 172 valence electrons. The summed E-state index contributed by atoms with van der Waals surface area (Å²) in [5.41, 5.74) is 0.597. The highest BCUT2D eigenvalue weighted by molar-refractivity contribution is 7.85. The van der Waals surface area contributed by atoms with Gasteiger partial charge in [-0.05, 0) is 30.7 Å². The summed E-state index contributed by atoms with van der Waals surface area (Å²) in [5, 5.41) is 2.91. The largest absolute Gasteiger partial charge is 0.748 e. The first kappa shape index (κ1) is 26.4. The zero-order valence-electron chi connectivity index (χ0n) is 18.7. The van der Waals surface area contributed by atoms with Crippen LogP contribution < -0.4 is 10.1 Å². The number of amides is 1. The molecule has 0 bridgehead atoms. The number of quaternary nitrogens is 1. The van der Waals surface area contributed by atoms with Crippen molar-refractivity contribution in [1.29, 1.82) is 0 Å². The van der Waals surface area contributed by atoms with Crippen LogP contribution in [0.4, 0.5) is 0 Å². The third kappa shape index (κ3) is 12.8. The maximum atomic E-state index is 12.3. The topological polar surface area (TPSA) is 95.5 Å². The predicted molar refractivity (Wildman–Crippen MR) is 119 cm³/mol. The van der Waals surface area contributed by atoms with Crippen molar-refractivity contribution >= 4 is 16.0 Å². The molecule has 0 aliphatic heterocycles. The standard InChI is InChI=1S/C22H38N2O5S/c1-4-5-6-7-8-18-29-21-13-11-20(12-14-21)22(25)23-15-9-16-24(2,3)17-10-19-30(26,27)28/h11-14H,4-10,15-19H2,1-3H3,(H-,23,25,26,27,28). The van der Waals surface area contributed by atoms with Crippen LogP contribution >= 0.6 is 0 Å². The molecular formula is C22H38N2O5S. The van der Waals surface area contributed by atoms with Crippen molar-refractivity contribution in [1.82, 2.24) is 5.32 Å². The quantitative estimate of drug-likeness (QED) is 0.241. The number of carbonyl (C=O) groups is 1. The van der Waals surface area contributed by atoms with Gasteiger partial charge < -0.3 is 19.1 Å². The number of ether oxygens (including phenoxy) is 1. The molecule has 0 saturated heterocycles. The Morgan fingerprint density at radius 2 is 1.63 bits per heavy atom. The van der Waals surface area contributed by atoms with Crippen LogP contribution in [0.3, 0.4) is 0 Å². The molecule has 1 aromatic rings. The summed E-state index contributed by atoms with van der Waals surface area (Å²) in [6.07, 6.45) is 7.09. The monoisotopic (exact) mass is 442 g/mol. The number of nitrogens with zero attached hydrogens (tertiary/aromatic N) is 1. The molecular weight excluding hydrogens is 404 g/mol. The van der Waals surface area contributed by atoms with E-state index in [9.17, 15) is 17.8 Å². The number of rotatable bonds is 16. The molecule has 1 aromatic carbocycles.